The highest BCUT2D eigenvalue weighted by atomic mass is 79.9. The van der Waals surface area contributed by atoms with E-state index in [4.69, 9.17) is 5.73 Å². The molecule has 0 atom stereocenters. The lowest BCUT2D eigenvalue weighted by atomic mass is 10.3. The number of anilines is 2. The number of rotatable bonds is 3. The molecule has 0 fully saturated rings. The number of nitrogens with one attached hydrogen (secondary N) is 1. The summed E-state index contributed by atoms with van der Waals surface area (Å²) in [5, 5.41) is 7.38. The lowest BCUT2D eigenvalue weighted by molar-refractivity contribution is 0.600. The van der Waals surface area contributed by atoms with Gasteiger partial charge < -0.3 is 5.73 Å². The third-order valence-corrected chi connectivity index (χ3v) is 5.82. The van der Waals surface area contributed by atoms with Gasteiger partial charge >= 0.3 is 0 Å². The van der Waals surface area contributed by atoms with Crippen LogP contribution in [0.5, 0.6) is 0 Å². The fourth-order valence-corrected chi connectivity index (χ4v) is 5.53. The van der Waals surface area contributed by atoms with Gasteiger partial charge in [-0.05, 0) is 44.0 Å². The molecular weight excluding hydrogens is 408 g/mol. The Kier molecular flexibility index (Phi) is 3.90. The number of nitrogens with two attached hydrogens (primary N) is 1. The SMILES string of the molecule is Nc1cc(Br)c(S(=O)(=O)Nc2nncs2)c(Br)c1. The third kappa shape index (κ3) is 2.82. The summed E-state index contributed by atoms with van der Waals surface area (Å²) < 4.78 is 27.4. The Labute approximate surface area is 124 Å². The first kappa shape index (κ1) is 13.7. The lowest BCUT2D eigenvalue weighted by Crippen LogP contribution is -2.14. The van der Waals surface area contributed by atoms with E-state index < -0.39 is 10.0 Å². The molecule has 1 heterocycles. The molecule has 18 heavy (non-hydrogen) atoms. The Morgan fingerprint density at radius 1 is 1.28 bits per heavy atom. The van der Waals surface area contributed by atoms with Crippen LogP contribution in [0, 0.1) is 0 Å². The van der Waals surface area contributed by atoms with Crippen LogP contribution in [0.3, 0.4) is 0 Å². The molecule has 1 aromatic heterocycles. The van der Waals surface area contributed by atoms with Crippen molar-refractivity contribution in [2.24, 2.45) is 0 Å². The maximum atomic E-state index is 12.2. The van der Waals surface area contributed by atoms with Gasteiger partial charge in [-0.2, -0.15) is 0 Å². The quantitative estimate of drug-likeness (QED) is 0.753. The Bertz CT molecular complexity index is 649. The minimum absolute atomic E-state index is 0.0619. The molecule has 2 rings (SSSR count). The van der Waals surface area contributed by atoms with Gasteiger partial charge in [0.15, 0.2) is 0 Å². The molecule has 0 spiro atoms. The molecule has 1 aromatic carbocycles. The number of sulfonamides is 1. The topological polar surface area (TPSA) is 98.0 Å². The average molecular weight is 414 g/mol. The third-order valence-electron chi connectivity index (χ3n) is 1.87. The van der Waals surface area contributed by atoms with Crippen LogP contribution >= 0.6 is 43.2 Å². The number of halogens is 2. The molecular formula is C8H6Br2N4O2S2. The summed E-state index contributed by atoms with van der Waals surface area (Å²) in [5.41, 5.74) is 7.50. The molecule has 0 saturated carbocycles. The predicted octanol–water partition coefficient (Wildman–Crippen LogP) is 2.45. The summed E-state index contributed by atoms with van der Waals surface area (Å²) in [6.45, 7) is 0. The van der Waals surface area contributed by atoms with Gasteiger partial charge in [-0.25, -0.2) is 8.42 Å². The Hall–Kier alpha value is -0.710. The molecule has 0 amide bonds. The van der Waals surface area contributed by atoms with Crippen molar-refractivity contribution in [1.82, 2.24) is 10.2 Å². The lowest BCUT2D eigenvalue weighted by Gasteiger charge is -2.09. The molecule has 0 aliphatic rings. The first-order chi connectivity index (χ1) is 8.40. The van der Waals surface area contributed by atoms with Gasteiger partial charge in [-0.1, -0.05) is 11.3 Å². The standard InChI is InChI=1S/C8H6Br2N4O2S2/c9-5-1-4(11)2-6(10)7(5)18(15,16)14-8-13-12-3-17-8/h1-3H,11H2,(H,13,14). The first-order valence-electron chi connectivity index (χ1n) is 4.43. The van der Waals surface area contributed by atoms with Crippen molar-refractivity contribution in [2.45, 2.75) is 4.90 Å². The van der Waals surface area contributed by atoms with Gasteiger partial charge in [-0.3, -0.25) is 4.72 Å². The number of benzene rings is 1. The summed E-state index contributed by atoms with van der Waals surface area (Å²) in [7, 11) is -3.75. The number of hydrogen-bond acceptors (Lipinski definition) is 6. The van der Waals surface area contributed by atoms with Crippen LogP contribution in [-0.4, -0.2) is 18.6 Å². The smallest absolute Gasteiger partial charge is 0.265 e. The van der Waals surface area contributed by atoms with Crippen LogP contribution < -0.4 is 10.5 Å². The second-order valence-corrected chi connectivity index (χ2v) is 7.32. The minimum Gasteiger partial charge on any atom is -0.399 e. The molecule has 10 heteroatoms. The molecule has 3 N–H and O–H groups in total. The van der Waals surface area contributed by atoms with E-state index in [0.717, 1.165) is 11.3 Å². The van der Waals surface area contributed by atoms with Crippen molar-refractivity contribution in [2.75, 3.05) is 10.5 Å². The van der Waals surface area contributed by atoms with Crippen LogP contribution in [0.1, 0.15) is 0 Å². The van der Waals surface area contributed by atoms with E-state index >= 15 is 0 Å². The van der Waals surface area contributed by atoms with Crippen LogP contribution in [0.2, 0.25) is 0 Å². The number of aromatic nitrogens is 2. The highest BCUT2D eigenvalue weighted by Gasteiger charge is 2.22. The summed E-state index contributed by atoms with van der Waals surface area (Å²) in [5.74, 6) is 0. The molecule has 96 valence electrons. The van der Waals surface area contributed by atoms with Crippen molar-refractivity contribution in [3.63, 3.8) is 0 Å². The Balaban J connectivity index is 2.48. The van der Waals surface area contributed by atoms with Crippen molar-refractivity contribution in [1.29, 1.82) is 0 Å². The number of nitrogen functional groups attached to an aromatic ring is 1. The summed E-state index contributed by atoms with van der Waals surface area (Å²) in [4.78, 5) is 0.0619. The van der Waals surface area contributed by atoms with E-state index in [1.165, 1.54) is 17.6 Å². The first-order valence-corrected chi connectivity index (χ1v) is 8.38. The molecule has 0 aliphatic carbocycles. The molecule has 0 bridgehead atoms. The zero-order chi connectivity index (χ0) is 13.3. The van der Waals surface area contributed by atoms with Gasteiger partial charge in [0.1, 0.15) is 10.4 Å². The van der Waals surface area contributed by atoms with E-state index in [1.54, 1.807) is 0 Å². The van der Waals surface area contributed by atoms with Crippen LogP contribution in [0.25, 0.3) is 0 Å². The zero-order valence-corrected chi connectivity index (χ0v) is 13.4. The Morgan fingerprint density at radius 2 is 1.89 bits per heavy atom. The maximum absolute atomic E-state index is 12.2. The molecule has 0 aliphatic heterocycles. The average Bonchev–Trinajstić information content (AvgIpc) is 2.66. The Morgan fingerprint density at radius 3 is 2.39 bits per heavy atom. The zero-order valence-electron chi connectivity index (χ0n) is 8.59. The molecule has 2 aromatic rings. The second kappa shape index (κ2) is 5.11. The van der Waals surface area contributed by atoms with Crippen molar-refractivity contribution >= 4 is 64.0 Å². The largest absolute Gasteiger partial charge is 0.399 e. The van der Waals surface area contributed by atoms with Crippen molar-refractivity contribution in [3.8, 4) is 0 Å². The van der Waals surface area contributed by atoms with Crippen molar-refractivity contribution in [3.05, 3.63) is 26.6 Å². The maximum Gasteiger partial charge on any atom is 0.265 e. The fourth-order valence-electron chi connectivity index (χ4n) is 1.22. The summed E-state index contributed by atoms with van der Waals surface area (Å²) >= 11 is 7.44. The summed E-state index contributed by atoms with van der Waals surface area (Å²) in [6, 6.07) is 3.03. The molecule has 0 saturated heterocycles. The molecule has 0 radical (unpaired) electrons. The van der Waals surface area contributed by atoms with Gasteiger partial charge in [0.2, 0.25) is 5.13 Å². The predicted molar refractivity (Wildman–Crippen MR) is 77.0 cm³/mol. The van der Waals surface area contributed by atoms with Gasteiger partial charge in [0, 0.05) is 14.6 Å². The van der Waals surface area contributed by atoms with E-state index in [9.17, 15) is 8.42 Å². The molecule has 6 nitrogen and oxygen atoms in total. The van der Waals surface area contributed by atoms with Gasteiger partial charge in [0.25, 0.3) is 10.0 Å². The fraction of sp³-hybridized carbons (Fsp3) is 0. The van der Waals surface area contributed by atoms with E-state index in [2.05, 4.69) is 46.8 Å². The van der Waals surface area contributed by atoms with Gasteiger partial charge in [-0.15, -0.1) is 10.2 Å². The van der Waals surface area contributed by atoms with E-state index in [0.29, 0.717) is 14.6 Å². The van der Waals surface area contributed by atoms with E-state index in [1.807, 2.05) is 0 Å². The van der Waals surface area contributed by atoms with Crippen molar-refractivity contribution < 1.29 is 8.42 Å². The van der Waals surface area contributed by atoms with Gasteiger partial charge in [0.05, 0.1) is 0 Å². The van der Waals surface area contributed by atoms with Crippen LogP contribution in [0.4, 0.5) is 10.8 Å². The van der Waals surface area contributed by atoms with Crippen LogP contribution in [0.15, 0.2) is 31.5 Å². The minimum atomic E-state index is -3.75. The highest BCUT2D eigenvalue weighted by molar-refractivity contribution is 9.11. The second-order valence-electron chi connectivity index (χ2n) is 3.16. The van der Waals surface area contributed by atoms with E-state index in [-0.39, 0.29) is 10.0 Å². The summed E-state index contributed by atoms with van der Waals surface area (Å²) in [6.07, 6.45) is 0. The molecule has 0 unspecified atom stereocenters. The highest BCUT2D eigenvalue weighted by Crippen LogP contribution is 2.33. The normalized spacial score (nSPS) is 11.4. The number of hydrogen-bond donors (Lipinski definition) is 2. The monoisotopic (exact) mass is 412 g/mol. The van der Waals surface area contributed by atoms with Crippen LogP contribution in [-0.2, 0) is 10.0 Å². The number of nitrogens with zero attached hydrogens (tertiary/aromatic N) is 2.